The van der Waals surface area contributed by atoms with Crippen molar-refractivity contribution >= 4 is 16.5 Å². The minimum absolute atomic E-state index is 0.541. The third kappa shape index (κ3) is 6.27. The lowest BCUT2D eigenvalue weighted by atomic mass is 10.3. The van der Waals surface area contributed by atoms with Gasteiger partial charge in [0.1, 0.15) is 0 Å². The van der Waals surface area contributed by atoms with Crippen molar-refractivity contribution in [1.82, 2.24) is 10.3 Å². The summed E-state index contributed by atoms with van der Waals surface area (Å²) >= 11 is 1.71. The fourth-order valence-electron chi connectivity index (χ4n) is 1.84. The number of thiazole rings is 1. The lowest BCUT2D eigenvalue weighted by molar-refractivity contribution is 0.181. The summed E-state index contributed by atoms with van der Waals surface area (Å²) in [4.78, 5) is 8.16. The van der Waals surface area contributed by atoms with E-state index in [0.717, 1.165) is 37.0 Å². The van der Waals surface area contributed by atoms with Gasteiger partial charge < -0.3 is 24.4 Å². The Labute approximate surface area is 131 Å². The Morgan fingerprint density at radius 2 is 1.76 bits per heavy atom. The molecule has 0 fully saturated rings. The molecule has 0 aromatic carbocycles. The molecule has 0 bridgehead atoms. The maximum Gasteiger partial charge on any atom is 0.186 e. The van der Waals surface area contributed by atoms with E-state index in [1.165, 1.54) is 4.88 Å². The zero-order valence-electron chi connectivity index (χ0n) is 13.5. The van der Waals surface area contributed by atoms with Crippen LogP contribution in [0.25, 0.3) is 0 Å². The predicted octanol–water partition coefficient (Wildman–Crippen LogP) is 1.50. The Balaban J connectivity index is 2.83. The van der Waals surface area contributed by atoms with E-state index in [4.69, 9.17) is 19.2 Å². The van der Waals surface area contributed by atoms with E-state index >= 15 is 0 Å². The van der Waals surface area contributed by atoms with Gasteiger partial charge in [-0.05, 0) is 6.54 Å². The fraction of sp³-hybridized carbons (Fsp3) is 0.786. The highest BCUT2D eigenvalue weighted by atomic mass is 32.1. The van der Waals surface area contributed by atoms with Crippen LogP contribution in [0.4, 0.5) is 5.13 Å². The summed E-state index contributed by atoms with van der Waals surface area (Å²) in [6.07, 6.45) is 0. The zero-order chi connectivity index (χ0) is 15.5. The third-order valence-corrected chi connectivity index (χ3v) is 4.14. The van der Waals surface area contributed by atoms with Crippen LogP contribution in [0, 0.1) is 0 Å². The molecule has 0 unspecified atom stereocenters. The number of rotatable bonds is 12. The van der Waals surface area contributed by atoms with Gasteiger partial charge in [0, 0.05) is 45.8 Å². The molecule has 1 rings (SSSR count). The summed E-state index contributed by atoms with van der Waals surface area (Å²) in [5, 5.41) is 4.35. The molecule has 0 amide bonds. The Morgan fingerprint density at radius 3 is 2.29 bits per heavy atom. The molecule has 0 spiro atoms. The van der Waals surface area contributed by atoms with Crippen LogP contribution in [0.1, 0.15) is 17.5 Å². The lowest BCUT2D eigenvalue weighted by Gasteiger charge is -2.20. The number of methoxy groups -OCH3 is 3. The normalized spacial score (nSPS) is 11.0. The van der Waals surface area contributed by atoms with E-state index in [9.17, 15) is 0 Å². The molecule has 1 aromatic rings. The monoisotopic (exact) mass is 317 g/mol. The summed E-state index contributed by atoms with van der Waals surface area (Å²) in [5.74, 6) is 0. The number of nitrogens with zero attached hydrogens (tertiary/aromatic N) is 2. The molecule has 0 aliphatic rings. The molecule has 0 atom stereocenters. The summed E-state index contributed by atoms with van der Waals surface area (Å²) in [5.41, 5.74) is 1.01. The zero-order valence-corrected chi connectivity index (χ0v) is 14.3. The third-order valence-electron chi connectivity index (χ3n) is 2.98. The van der Waals surface area contributed by atoms with Crippen LogP contribution in [-0.4, -0.2) is 59.2 Å². The Kier molecular flexibility index (Phi) is 9.53. The van der Waals surface area contributed by atoms with E-state index in [2.05, 4.69) is 17.1 Å². The van der Waals surface area contributed by atoms with E-state index in [1.807, 2.05) is 0 Å². The molecule has 0 saturated carbocycles. The molecule has 6 nitrogen and oxygen atoms in total. The molecule has 0 aliphatic carbocycles. The number of ether oxygens (including phenoxy) is 3. The van der Waals surface area contributed by atoms with Crippen LogP contribution >= 0.6 is 11.3 Å². The van der Waals surface area contributed by atoms with Crippen molar-refractivity contribution in [3.63, 3.8) is 0 Å². The largest absolute Gasteiger partial charge is 0.383 e. The van der Waals surface area contributed by atoms with Crippen molar-refractivity contribution in [2.45, 2.75) is 20.1 Å². The van der Waals surface area contributed by atoms with Gasteiger partial charge in [0.05, 0.1) is 25.5 Å². The minimum Gasteiger partial charge on any atom is -0.383 e. The Hall–Kier alpha value is -0.730. The Morgan fingerprint density at radius 1 is 1.10 bits per heavy atom. The summed E-state index contributed by atoms with van der Waals surface area (Å²) in [6, 6.07) is 0. The second kappa shape index (κ2) is 10.9. The maximum absolute atomic E-state index is 5.25. The SMILES string of the molecule is CCNCc1sc(N(CCOC)CCOC)nc1COC. The molecule has 1 aromatic heterocycles. The maximum atomic E-state index is 5.25. The average Bonchev–Trinajstić information content (AvgIpc) is 2.88. The van der Waals surface area contributed by atoms with Crippen LogP contribution in [0.3, 0.4) is 0 Å². The van der Waals surface area contributed by atoms with Gasteiger partial charge in [-0.2, -0.15) is 0 Å². The van der Waals surface area contributed by atoms with Gasteiger partial charge in [-0.1, -0.05) is 6.92 Å². The van der Waals surface area contributed by atoms with Gasteiger partial charge in [0.15, 0.2) is 5.13 Å². The fourth-order valence-corrected chi connectivity index (χ4v) is 2.92. The van der Waals surface area contributed by atoms with E-state index in [0.29, 0.717) is 19.8 Å². The van der Waals surface area contributed by atoms with Gasteiger partial charge in [-0.25, -0.2) is 4.98 Å². The number of nitrogens with one attached hydrogen (secondary N) is 1. The molecular weight excluding hydrogens is 290 g/mol. The van der Waals surface area contributed by atoms with Crippen LogP contribution in [0.2, 0.25) is 0 Å². The molecule has 122 valence electrons. The van der Waals surface area contributed by atoms with Crippen molar-refractivity contribution in [2.75, 3.05) is 59.1 Å². The average molecular weight is 317 g/mol. The lowest BCUT2D eigenvalue weighted by Crippen LogP contribution is -2.30. The molecule has 1 N–H and O–H groups in total. The highest BCUT2D eigenvalue weighted by Crippen LogP contribution is 2.27. The first-order valence-electron chi connectivity index (χ1n) is 7.17. The van der Waals surface area contributed by atoms with E-state index < -0.39 is 0 Å². The van der Waals surface area contributed by atoms with E-state index in [-0.39, 0.29) is 0 Å². The number of aromatic nitrogens is 1. The second-order valence-corrected chi connectivity index (χ2v) is 5.61. The molecule has 7 heteroatoms. The van der Waals surface area contributed by atoms with Crippen LogP contribution in [0.15, 0.2) is 0 Å². The number of hydrogen-bond acceptors (Lipinski definition) is 7. The molecule has 21 heavy (non-hydrogen) atoms. The molecule has 1 heterocycles. The van der Waals surface area contributed by atoms with E-state index in [1.54, 1.807) is 32.7 Å². The standard InChI is InChI=1S/C14H27N3O3S/c1-5-15-10-13-12(11-20-4)16-14(21-13)17(6-8-18-2)7-9-19-3/h15H,5-11H2,1-4H3. The van der Waals surface area contributed by atoms with Crippen molar-refractivity contribution in [1.29, 1.82) is 0 Å². The minimum atomic E-state index is 0.541. The summed E-state index contributed by atoms with van der Waals surface area (Å²) < 4.78 is 15.6. The van der Waals surface area contributed by atoms with Crippen molar-refractivity contribution < 1.29 is 14.2 Å². The van der Waals surface area contributed by atoms with Gasteiger partial charge in [-0.3, -0.25) is 0 Å². The molecular formula is C14H27N3O3S. The highest BCUT2D eigenvalue weighted by Gasteiger charge is 2.16. The number of hydrogen-bond donors (Lipinski definition) is 1. The highest BCUT2D eigenvalue weighted by molar-refractivity contribution is 7.15. The van der Waals surface area contributed by atoms with Gasteiger partial charge in [0.25, 0.3) is 0 Å². The second-order valence-electron chi connectivity index (χ2n) is 4.55. The first-order chi connectivity index (χ1) is 10.3. The van der Waals surface area contributed by atoms with Gasteiger partial charge >= 0.3 is 0 Å². The van der Waals surface area contributed by atoms with Gasteiger partial charge in [-0.15, -0.1) is 11.3 Å². The summed E-state index contributed by atoms with van der Waals surface area (Å²) in [7, 11) is 5.12. The molecule has 0 saturated heterocycles. The van der Waals surface area contributed by atoms with Crippen LogP contribution in [-0.2, 0) is 27.4 Å². The van der Waals surface area contributed by atoms with Crippen LogP contribution < -0.4 is 10.2 Å². The van der Waals surface area contributed by atoms with Crippen LogP contribution in [0.5, 0.6) is 0 Å². The smallest absolute Gasteiger partial charge is 0.186 e. The topological polar surface area (TPSA) is 55.9 Å². The Bertz CT molecular complexity index is 380. The van der Waals surface area contributed by atoms with Crippen molar-refractivity contribution in [2.24, 2.45) is 0 Å². The quantitative estimate of drug-likeness (QED) is 0.630. The molecule has 0 aliphatic heterocycles. The first-order valence-corrected chi connectivity index (χ1v) is 7.99. The van der Waals surface area contributed by atoms with Crippen molar-refractivity contribution in [3.05, 3.63) is 10.6 Å². The molecule has 0 radical (unpaired) electrons. The predicted molar refractivity (Wildman–Crippen MR) is 86.2 cm³/mol. The first kappa shape index (κ1) is 18.3. The number of anilines is 1. The van der Waals surface area contributed by atoms with Gasteiger partial charge in [0.2, 0.25) is 0 Å². The van der Waals surface area contributed by atoms with Crippen molar-refractivity contribution in [3.8, 4) is 0 Å². The summed E-state index contributed by atoms with van der Waals surface area (Å²) in [6.45, 7) is 7.37.